The summed E-state index contributed by atoms with van der Waals surface area (Å²) in [5, 5.41) is 3.09. The molecule has 2 aromatic heterocycles. The summed E-state index contributed by atoms with van der Waals surface area (Å²) in [4.78, 5) is 9.06. The number of methoxy groups -OCH3 is 1. The summed E-state index contributed by atoms with van der Waals surface area (Å²) < 4.78 is 5.43. The van der Waals surface area contributed by atoms with Crippen molar-refractivity contribution in [2.24, 2.45) is 0 Å². The van der Waals surface area contributed by atoms with E-state index in [1.165, 1.54) is 5.56 Å². The van der Waals surface area contributed by atoms with E-state index in [-0.39, 0.29) is 0 Å². The van der Waals surface area contributed by atoms with E-state index in [9.17, 15) is 0 Å². The normalized spacial score (nSPS) is 10.6. The average molecular weight is 310 g/mol. The van der Waals surface area contributed by atoms with Crippen molar-refractivity contribution in [1.82, 2.24) is 9.97 Å². The largest absolute Gasteiger partial charge is 0.496 e. The molecule has 22 heavy (non-hydrogen) atoms. The van der Waals surface area contributed by atoms with Crippen LogP contribution in [0.2, 0.25) is 0 Å². The Hall–Kier alpha value is -2.20. The highest BCUT2D eigenvalue weighted by Crippen LogP contribution is 2.34. The molecule has 4 heteroatoms. The smallest absolute Gasteiger partial charge is 0.128 e. The number of nitrogens with zero attached hydrogens (tertiary/aromatic N) is 2. The molecule has 0 fully saturated rings. The quantitative estimate of drug-likeness (QED) is 0.677. The minimum atomic E-state index is 0.847. The van der Waals surface area contributed by atoms with Gasteiger partial charge in [-0.1, -0.05) is 25.5 Å². The Morgan fingerprint density at radius 1 is 1.14 bits per heavy atom. The zero-order valence-electron chi connectivity index (χ0n) is 12.7. The monoisotopic (exact) mass is 310 g/mol. The number of benzene rings is 1. The number of pyridine rings is 1. The summed E-state index contributed by atoms with van der Waals surface area (Å²) in [5.74, 6) is 0.847. The number of hydrogen-bond acceptors (Lipinski definition) is 4. The van der Waals surface area contributed by atoms with Gasteiger partial charge in [0.1, 0.15) is 10.8 Å². The Morgan fingerprint density at radius 2 is 2.00 bits per heavy atom. The number of para-hydroxylation sites is 1. The highest BCUT2D eigenvalue weighted by atomic mass is 32.1. The van der Waals surface area contributed by atoms with Crippen LogP contribution in [-0.2, 0) is 6.42 Å². The molecule has 0 bridgehead atoms. The molecule has 0 radical (unpaired) electrons. The fourth-order valence-corrected chi connectivity index (χ4v) is 3.35. The standard InChI is InChI=1S/C18H18N2OS/c1-3-6-13-9-10-19-11-15(13)18-20-16(12-22-18)14-7-4-5-8-17(14)21-2/h4-5,7-12H,3,6H2,1-2H3. The highest BCUT2D eigenvalue weighted by Gasteiger charge is 2.12. The van der Waals surface area contributed by atoms with Crippen molar-refractivity contribution in [1.29, 1.82) is 0 Å². The maximum absolute atomic E-state index is 5.43. The molecule has 0 atom stereocenters. The van der Waals surface area contributed by atoms with Gasteiger partial charge in [0.25, 0.3) is 0 Å². The van der Waals surface area contributed by atoms with Gasteiger partial charge in [-0.3, -0.25) is 4.98 Å². The number of ether oxygens (including phenoxy) is 1. The minimum Gasteiger partial charge on any atom is -0.496 e. The van der Waals surface area contributed by atoms with E-state index in [2.05, 4.69) is 23.4 Å². The van der Waals surface area contributed by atoms with E-state index in [4.69, 9.17) is 9.72 Å². The van der Waals surface area contributed by atoms with Gasteiger partial charge in [0, 0.05) is 28.9 Å². The number of hydrogen-bond donors (Lipinski definition) is 0. The summed E-state index contributed by atoms with van der Waals surface area (Å²) in [6, 6.07) is 10.1. The van der Waals surface area contributed by atoms with Crippen molar-refractivity contribution >= 4 is 11.3 Å². The molecule has 0 saturated carbocycles. The topological polar surface area (TPSA) is 35.0 Å². The lowest BCUT2D eigenvalue weighted by Gasteiger charge is -2.06. The van der Waals surface area contributed by atoms with Crippen LogP contribution in [-0.4, -0.2) is 17.1 Å². The van der Waals surface area contributed by atoms with Crippen LogP contribution >= 0.6 is 11.3 Å². The lowest BCUT2D eigenvalue weighted by Crippen LogP contribution is -1.91. The van der Waals surface area contributed by atoms with Crippen molar-refractivity contribution in [3.05, 3.63) is 53.7 Å². The van der Waals surface area contributed by atoms with E-state index in [0.717, 1.165) is 40.4 Å². The van der Waals surface area contributed by atoms with E-state index < -0.39 is 0 Å². The third-order valence-corrected chi connectivity index (χ3v) is 4.42. The van der Waals surface area contributed by atoms with Gasteiger partial charge in [-0.2, -0.15) is 0 Å². The van der Waals surface area contributed by atoms with Crippen molar-refractivity contribution in [2.75, 3.05) is 7.11 Å². The van der Waals surface area contributed by atoms with Gasteiger partial charge in [0.2, 0.25) is 0 Å². The molecule has 2 heterocycles. The molecule has 3 rings (SSSR count). The van der Waals surface area contributed by atoms with E-state index in [1.54, 1.807) is 18.4 Å². The third-order valence-electron chi connectivity index (χ3n) is 3.55. The Morgan fingerprint density at radius 3 is 2.82 bits per heavy atom. The van der Waals surface area contributed by atoms with Crippen LogP contribution in [0.1, 0.15) is 18.9 Å². The molecule has 0 N–H and O–H groups in total. The second kappa shape index (κ2) is 6.71. The zero-order valence-corrected chi connectivity index (χ0v) is 13.6. The number of aryl methyl sites for hydroxylation is 1. The van der Waals surface area contributed by atoms with Crippen LogP contribution in [0.4, 0.5) is 0 Å². The van der Waals surface area contributed by atoms with E-state index in [0.29, 0.717) is 0 Å². The van der Waals surface area contributed by atoms with Crippen LogP contribution in [0.3, 0.4) is 0 Å². The first kappa shape index (κ1) is 14.7. The molecule has 3 aromatic rings. The maximum Gasteiger partial charge on any atom is 0.128 e. The van der Waals surface area contributed by atoms with Crippen LogP contribution in [0.25, 0.3) is 21.8 Å². The SMILES string of the molecule is CCCc1ccncc1-c1nc(-c2ccccc2OC)cs1. The van der Waals surface area contributed by atoms with Gasteiger partial charge in [-0.15, -0.1) is 11.3 Å². The van der Waals surface area contributed by atoms with E-state index in [1.807, 2.05) is 36.7 Å². The van der Waals surface area contributed by atoms with Crippen LogP contribution in [0, 0.1) is 0 Å². The van der Waals surface area contributed by atoms with Crippen molar-refractivity contribution in [2.45, 2.75) is 19.8 Å². The first-order valence-electron chi connectivity index (χ1n) is 7.35. The molecule has 0 spiro atoms. The summed E-state index contributed by atoms with van der Waals surface area (Å²) in [5.41, 5.74) is 4.41. The Balaban J connectivity index is 2.01. The molecule has 0 aliphatic rings. The summed E-state index contributed by atoms with van der Waals surface area (Å²) in [7, 11) is 1.69. The summed E-state index contributed by atoms with van der Waals surface area (Å²) in [6.07, 6.45) is 5.92. The number of aromatic nitrogens is 2. The first-order valence-corrected chi connectivity index (χ1v) is 8.23. The third kappa shape index (κ3) is 2.88. The Kier molecular flexibility index (Phi) is 4.49. The van der Waals surface area contributed by atoms with Gasteiger partial charge < -0.3 is 4.74 Å². The summed E-state index contributed by atoms with van der Waals surface area (Å²) in [6.45, 7) is 2.19. The fourth-order valence-electron chi connectivity index (χ4n) is 2.48. The molecule has 1 aromatic carbocycles. The molecule has 0 aliphatic carbocycles. The van der Waals surface area contributed by atoms with E-state index >= 15 is 0 Å². The van der Waals surface area contributed by atoms with Crippen molar-refractivity contribution < 1.29 is 4.74 Å². The molecule has 0 amide bonds. The lowest BCUT2D eigenvalue weighted by atomic mass is 10.1. The molecule has 0 saturated heterocycles. The van der Waals surface area contributed by atoms with Crippen molar-refractivity contribution in [3.63, 3.8) is 0 Å². The molecular weight excluding hydrogens is 292 g/mol. The predicted molar refractivity (Wildman–Crippen MR) is 91.3 cm³/mol. The number of rotatable bonds is 5. The average Bonchev–Trinajstić information content (AvgIpc) is 3.05. The summed E-state index contributed by atoms with van der Waals surface area (Å²) >= 11 is 1.65. The minimum absolute atomic E-state index is 0.847. The molecule has 112 valence electrons. The zero-order chi connectivity index (χ0) is 15.4. The second-order valence-electron chi connectivity index (χ2n) is 5.02. The second-order valence-corrected chi connectivity index (χ2v) is 5.88. The van der Waals surface area contributed by atoms with Gasteiger partial charge in [0.05, 0.1) is 12.8 Å². The van der Waals surface area contributed by atoms with Gasteiger partial charge in [-0.05, 0) is 30.2 Å². The van der Waals surface area contributed by atoms with Gasteiger partial charge >= 0.3 is 0 Å². The highest BCUT2D eigenvalue weighted by molar-refractivity contribution is 7.13. The van der Waals surface area contributed by atoms with Gasteiger partial charge in [-0.25, -0.2) is 4.98 Å². The number of thiazole rings is 1. The van der Waals surface area contributed by atoms with Crippen LogP contribution < -0.4 is 4.74 Å². The lowest BCUT2D eigenvalue weighted by molar-refractivity contribution is 0.416. The fraction of sp³-hybridized carbons (Fsp3) is 0.222. The molecule has 0 aliphatic heterocycles. The van der Waals surface area contributed by atoms with Crippen molar-refractivity contribution in [3.8, 4) is 27.6 Å². The van der Waals surface area contributed by atoms with Crippen LogP contribution in [0.15, 0.2) is 48.1 Å². The molecule has 0 unspecified atom stereocenters. The van der Waals surface area contributed by atoms with Gasteiger partial charge in [0.15, 0.2) is 0 Å². The molecule has 3 nitrogen and oxygen atoms in total. The maximum atomic E-state index is 5.43. The molecular formula is C18H18N2OS. The first-order chi connectivity index (χ1) is 10.8. The predicted octanol–water partition coefficient (Wildman–Crippen LogP) is 4.83. The van der Waals surface area contributed by atoms with Crippen LogP contribution in [0.5, 0.6) is 5.75 Å². The Bertz CT molecular complexity index is 767. The Labute approximate surface area is 134 Å².